The molecule has 2 aromatic carbocycles. The highest BCUT2D eigenvalue weighted by atomic mass is 35.5. The fourth-order valence-corrected chi connectivity index (χ4v) is 5.82. The number of benzene rings is 2. The summed E-state index contributed by atoms with van der Waals surface area (Å²) in [6, 6.07) is 12.0. The molecule has 0 spiro atoms. The molecule has 0 aliphatic carbocycles. The highest BCUT2D eigenvalue weighted by molar-refractivity contribution is 7.22. The summed E-state index contributed by atoms with van der Waals surface area (Å²) < 4.78 is 13.5. The monoisotopic (exact) mass is 591 g/mol. The maximum absolute atomic E-state index is 12.8. The zero-order valence-corrected chi connectivity index (χ0v) is 26.8. The predicted molar refractivity (Wildman–Crippen MR) is 170 cm³/mol. The molecule has 2 heterocycles. The number of ether oxygens (including phenoxy) is 2. The molecule has 216 valence electrons. The highest BCUT2D eigenvalue weighted by Crippen LogP contribution is 2.44. The second kappa shape index (κ2) is 12.0. The number of pyridine rings is 1. The predicted octanol–water partition coefficient (Wildman–Crippen LogP) is 8.79. The molecule has 0 aliphatic heterocycles. The van der Waals surface area contributed by atoms with Gasteiger partial charge in [0.15, 0.2) is 0 Å². The molecular formula is C33H38ClN3O3S. The van der Waals surface area contributed by atoms with E-state index >= 15 is 0 Å². The molecule has 4 aromatic rings. The average molecular weight is 592 g/mol. The van der Waals surface area contributed by atoms with Gasteiger partial charge in [0.2, 0.25) is 0 Å². The second-order valence-electron chi connectivity index (χ2n) is 12.2. The summed E-state index contributed by atoms with van der Waals surface area (Å²) in [5.74, 6) is -0.272. The maximum Gasteiger partial charge on any atom is 0.311 e. The van der Waals surface area contributed by atoms with Gasteiger partial charge in [0.25, 0.3) is 0 Å². The topological polar surface area (TPSA) is 73.7 Å². The first kappa shape index (κ1) is 30.8. The van der Waals surface area contributed by atoms with Gasteiger partial charge in [-0.15, -0.1) is 11.3 Å². The summed E-state index contributed by atoms with van der Waals surface area (Å²) in [6.07, 6.45) is 3.10. The Hall–Kier alpha value is -3.13. The van der Waals surface area contributed by atoms with Crippen LogP contribution in [-0.2, 0) is 14.3 Å². The molecular weight excluding hydrogens is 554 g/mol. The number of halogens is 1. The van der Waals surface area contributed by atoms with E-state index in [1.807, 2.05) is 78.9 Å². The van der Waals surface area contributed by atoms with Crippen LogP contribution in [0.5, 0.6) is 0 Å². The molecule has 2 aromatic heterocycles. The fraction of sp³-hybridized carbons (Fsp3) is 0.394. The Bertz CT molecular complexity index is 1600. The number of rotatable bonds is 7. The maximum atomic E-state index is 12.8. The second-order valence-corrected chi connectivity index (χ2v) is 13.7. The van der Waals surface area contributed by atoms with Crippen molar-refractivity contribution in [3.63, 3.8) is 0 Å². The summed E-state index contributed by atoms with van der Waals surface area (Å²) in [5.41, 5.74) is 6.55. The van der Waals surface area contributed by atoms with Gasteiger partial charge in [0.1, 0.15) is 17.7 Å². The van der Waals surface area contributed by atoms with Gasteiger partial charge in [-0.05, 0) is 102 Å². The molecule has 8 heteroatoms. The van der Waals surface area contributed by atoms with Gasteiger partial charge in [0, 0.05) is 35.6 Å². The van der Waals surface area contributed by atoms with Crippen LogP contribution in [0, 0.1) is 19.3 Å². The third kappa shape index (κ3) is 7.21. The highest BCUT2D eigenvalue weighted by Gasteiger charge is 2.31. The molecule has 0 saturated carbocycles. The van der Waals surface area contributed by atoms with E-state index in [0.717, 1.165) is 54.3 Å². The van der Waals surface area contributed by atoms with Gasteiger partial charge >= 0.3 is 5.97 Å². The molecule has 0 radical (unpaired) electrons. The van der Waals surface area contributed by atoms with E-state index in [0.29, 0.717) is 5.02 Å². The van der Waals surface area contributed by atoms with Crippen LogP contribution in [0.4, 0.5) is 0 Å². The lowest BCUT2D eigenvalue weighted by molar-refractivity contribution is -0.162. The molecule has 0 amide bonds. The Morgan fingerprint density at radius 1 is 1.05 bits per heavy atom. The third-order valence-electron chi connectivity index (χ3n) is 6.47. The number of carbonyl (C=O) groups excluding carboxylic acids is 1. The summed E-state index contributed by atoms with van der Waals surface area (Å²) >= 11 is 7.90. The minimum absolute atomic E-state index is 0.0928. The van der Waals surface area contributed by atoms with E-state index in [-0.39, 0.29) is 12.6 Å². The van der Waals surface area contributed by atoms with Crippen molar-refractivity contribution in [2.24, 2.45) is 10.4 Å². The van der Waals surface area contributed by atoms with Crippen LogP contribution in [-0.4, -0.2) is 41.4 Å². The van der Waals surface area contributed by atoms with Crippen LogP contribution < -0.4 is 0 Å². The van der Waals surface area contributed by atoms with Crippen molar-refractivity contribution >= 4 is 45.3 Å². The minimum Gasteiger partial charge on any atom is -0.462 e. The van der Waals surface area contributed by atoms with E-state index in [1.54, 1.807) is 24.6 Å². The molecule has 1 atom stereocenters. The number of carbonyl (C=O) groups is 1. The normalized spacial score (nSPS) is 13.2. The molecule has 0 bridgehead atoms. The summed E-state index contributed by atoms with van der Waals surface area (Å²) in [6.45, 7) is 15.7. The Morgan fingerprint density at radius 2 is 1.73 bits per heavy atom. The molecule has 6 nitrogen and oxygen atoms in total. The quantitative estimate of drug-likeness (QED) is 0.159. The summed E-state index contributed by atoms with van der Waals surface area (Å²) in [7, 11) is 1.74. The first-order chi connectivity index (χ1) is 19.2. The number of hydrogen-bond donors (Lipinski definition) is 0. The van der Waals surface area contributed by atoms with Crippen molar-refractivity contribution in [1.29, 1.82) is 0 Å². The lowest BCUT2D eigenvalue weighted by Crippen LogP contribution is -2.30. The van der Waals surface area contributed by atoms with Crippen LogP contribution >= 0.6 is 22.9 Å². The first-order valence-corrected chi connectivity index (χ1v) is 14.8. The van der Waals surface area contributed by atoms with Gasteiger partial charge in [-0.2, -0.15) is 0 Å². The lowest BCUT2D eigenvalue weighted by Gasteiger charge is -2.31. The first-order valence-electron chi connectivity index (χ1n) is 13.6. The lowest BCUT2D eigenvalue weighted by atomic mass is 9.91. The van der Waals surface area contributed by atoms with E-state index in [4.69, 9.17) is 26.1 Å². The zero-order chi connectivity index (χ0) is 30.1. The number of aliphatic imine (C=N–C) groups is 1. The van der Waals surface area contributed by atoms with E-state index in [9.17, 15) is 4.79 Å². The number of nitrogens with zero attached hydrogens (tertiary/aromatic N) is 3. The smallest absolute Gasteiger partial charge is 0.311 e. The van der Waals surface area contributed by atoms with Gasteiger partial charge in [-0.1, -0.05) is 23.7 Å². The Balaban J connectivity index is 1.94. The number of esters is 1. The summed E-state index contributed by atoms with van der Waals surface area (Å²) in [4.78, 5) is 26.5. The number of hydrogen-bond acceptors (Lipinski definition) is 7. The van der Waals surface area contributed by atoms with E-state index in [1.165, 1.54) is 0 Å². The molecule has 0 fully saturated rings. The fourth-order valence-electron chi connectivity index (χ4n) is 4.58. The molecule has 0 aliphatic rings. The SMILES string of the molecule is CN=Cc1ncc(-c2nc3cc(C)c(C(COC(=O)C(C)(C)C)OC(C)(C)C)c(-c4ccc(Cl)cc4)c3s2)cc1C. The van der Waals surface area contributed by atoms with Crippen LogP contribution in [0.15, 0.2) is 47.6 Å². The number of thiazole rings is 1. The number of aromatic nitrogens is 2. The minimum atomic E-state index is -0.623. The van der Waals surface area contributed by atoms with Crippen LogP contribution in [0.3, 0.4) is 0 Å². The van der Waals surface area contributed by atoms with Crippen molar-refractivity contribution in [2.75, 3.05) is 13.7 Å². The molecule has 0 saturated heterocycles. The molecule has 1 unspecified atom stereocenters. The van der Waals surface area contributed by atoms with Gasteiger partial charge in [-0.25, -0.2) is 4.98 Å². The van der Waals surface area contributed by atoms with Crippen LogP contribution in [0.1, 0.15) is 70.0 Å². The van der Waals surface area contributed by atoms with Crippen molar-refractivity contribution in [3.8, 4) is 21.7 Å². The standard InChI is InChI=1S/C33H38ClN3O3S/c1-19-14-22(16-36-25(19)17-35-9)30-37-24-15-20(2)27(28(29(24)41-30)21-10-12-23(34)13-11-21)26(40-33(6,7)8)18-39-31(38)32(3,4)5/h10-17,26H,18H2,1-9H3. The van der Waals surface area contributed by atoms with Gasteiger partial charge in [0.05, 0.1) is 26.9 Å². The van der Waals surface area contributed by atoms with E-state index < -0.39 is 17.1 Å². The Labute approximate surface area is 251 Å². The van der Waals surface area contributed by atoms with Crippen molar-refractivity contribution < 1.29 is 14.3 Å². The average Bonchev–Trinajstić information content (AvgIpc) is 3.30. The van der Waals surface area contributed by atoms with E-state index in [2.05, 4.69) is 29.0 Å². The Morgan fingerprint density at radius 3 is 2.32 bits per heavy atom. The molecule has 41 heavy (non-hydrogen) atoms. The van der Waals surface area contributed by atoms with Crippen LogP contribution in [0.25, 0.3) is 31.9 Å². The van der Waals surface area contributed by atoms with Crippen LogP contribution in [0.2, 0.25) is 5.02 Å². The summed E-state index contributed by atoms with van der Waals surface area (Å²) in [5, 5.41) is 1.53. The van der Waals surface area contributed by atoms with Crippen molar-refractivity contribution in [3.05, 3.63) is 70.0 Å². The Kier molecular flexibility index (Phi) is 9.02. The molecule has 0 N–H and O–H groups in total. The largest absolute Gasteiger partial charge is 0.462 e. The number of fused-ring (bicyclic) bond motifs is 1. The number of aryl methyl sites for hydroxylation is 2. The van der Waals surface area contributed by atoms with Gasteiger partial charge in [-0.3, -0.25) is 14.8 Å². The zero-order valence-electron chi connectivity index (χ0n) is 25.3. The molecule has 4 rings (SSSR count). The van der Waals surface area contributed by atoms with Crippen molar-refractivity contribution in [1.82, 2.24) is 9.97 Å². The van der Waals surface area contributed by atoms with Gasteiger partial charge < -0.3 is 9.47 Å². The third-order valence-corrected chi connectivity index (χ3v) is 7.86. The van der Waals surface area contributed by atoms with Crippen molar-refractivity contribution in [2.45, 2.75) is 67.1 Å².